The van der Waals surface area contributed by atoms with Crippen molar-refractivity contribution >= 4 is 5.82 Å². The molecule has 0 saturated carbocycles. The number of benzene rings is 1. The molecule has 122 valence electrons. The van der Waals surface area contributed by atoms with E-state index in [1.165, 1.54) is 6.07 Å². The number of rotatable bonds is 3. The van der Waals surface area contributed by atoms with Crippen LogP contribution in [0.25, 0.3) is 0 Å². The summed E-state index contributed by atoms with van der Waals surface area (Å²) in [5, 5.41) is 0. The molecule has 0 spiro atoms. The Morgan fingerprint density at radius 3 is 2.61 bits per heavy atom. The minimum absolute atomic E-state index is 0.0141. The Balaban J connectivity index is 1.65. The number of aromatic nitrogens is 1. The zero-order valence-electron chi connectivity index (χ0n) is 12.7. The highest BCUT2D eigenvalue weighted by Gasteiger charge is 2.31. The van der Waals surface area contributed by atoms with Crippen LogP contribution in [0, 0.1) is 6.92 Å². The number of alkyl halides is 3. The largest absolute Gasteiger partial charge is 0.488 e. The molecule has 0 amide bonds. The molecule has 3 rings (SSSR count). The lowest BCUT2D eigenvalue weighted by Gasteiger charge is -2.19. The average Bonchev–Trinajstić information content (AvgIpc) is 2.97. The first kappa shape index (κ1) is 15.6. The van der Waals surface area contributed by atoms with Crippen molar-refractivity contribution in [3.8, 4) is 5.75 Å². The Bertz CT molecular complexity index is 670. The minimum atomic E-state index is -4.35. The Morgan fingerprint density at radius 2 is 1.96 bits per heavy atom. The normalized spacial score (nSPS) is 18.3. The quantitative estimate of drug-likeness (QED) is 0.852. The van der Waals surface area contributed by atoms with E-state index in [0.29, 0.717) is 12.4 Å². The fourth-order valence-corrected chi connectivity index (χ4v) is 2.64. The maximum atomic E-state index is 12.6. The van der Waals surface area contributed by atoms with Gasteiger partial charge in [0.05, 0.1) is 12.1 Å². The van der Waals surface area contributed by atoms with Gasteiger partial charge < -0.3 is 9.64 Å². The molecule has 3 nitrogen and oxygen atoms in total. The maximum Gasteiger partial charge on any atom is 0.417 e. The van der Waals surface area contributed by atoms with Gasteiger partial charge in [0, 0.05) is 19.2 Å². The molecule has 1 saturated heterocycles. The summed E-state index contributed by atoms with van der Waals surface area (Å²) < 4.78 is 43.7. The maximum absolute atomic E-state index is 12.6. The summed E-state index contributed by atoms with van der Waals surface area (Å²) in [6.45, 7) is 3.32. The molecular weight excluding hydrogens is 305 g/mol. The average molecular weight is 322 g/mol. The molecule has 1 aliphatic heterocycles. The number of aryl methyl sites for hydroxylation is 1. The Kier molecular flexibility index (Phi) is 4.15. The van der Waals surface area contributed by atoms with E-state index in [4.69, 9.17) is 4.74 Å². The predicted octanol–water partition coefficient (Wildman–Crippen LogP) is 4.07. The van der Waals surface area contributed by atoms with Gasteiger partial charge in [-0.2, -0.15) is 13.2 Å². The fourth-order valence-electron chi connectivity index (χ4n) is 2.64. The summed E-state index contributed by atoms with van der Waals surface area (Å²) in [5.41, 5.74) is 0.340. The van der Waals surface area contributed by atoms with Crippen LogP contribution in [-0.4, -0.2) is 24.2 Å². The van der Waals surface area contributed by atoms with Crippen molar-refractivity contribution in [3.63, 3.8) is 0 Å². The molecule has 1 aromatic carbocycles. The van der Waals surface area contributed by atoms with Crippen molar-refractivity contribution in [3.05, 3.63) is 53.7 Å². The first-order valence-electron chi connectivity index (χ1n) is 7.44. The van der Waals surface area contributed by atoms with Gasteiger partial charge in [-0.15, -0.1) is 0 Å². The van der Waals surface area contributed by atoms with E-state index in [0.717, 1.165) is 36.5 Å². The summed E-state index contributed by atoms with van der Waals surface area (Å²) in [6.07, 6.45) is -2.64. The third-order valence-electron chi connectivity index (χ3n) is 3.93. The summed E-state index contributed by atoms with van der Waals surface area (Å²) in [6, 6.07) is 10.3. The third-order valence-corrected chi connectivity index (χ3v) is 3.93. The first-order valence-corrected chi connectivity index (χ1v) is 7.44. The van der Waals surface area contributed by atoms with Gasteiger partial charge in [0.2, 0.25) is 0 Å². The Hall–Kier alpha value is -2.24. The van der Waals surface area contributed by atoms with Crippen LogP contribution >= 0.6 is 0 Å². The van der Waals surface area contributed by atoms with Crippen molar-refractivity contribution in [2.24, 2.45) is 0 Å². The van der Waals surface area contributed by atoms with Crippen molar-refractivity contribution in [1.82, 2.24) is 4.98 Å². The molecule has 0 N–H and O–H groups in total. The first-order chi connectivity index (χ1) is 10.9. The molecule has 0 bridgehead atoms. The number of para-hydroxylation sites is 1. The van der Waals surface area contributed by atoms with Crippen molar-refractivity contribution in [2.45, 2.75) is 25.6 Å². The van der Waals surface area contributed by atoms with Crippen LogP contribution in [0.4, 0.5) is 19.0 Å². The highest BCUT2D eigenvalue weighted by molar-refractivity contribution is 5.41. The highest BCUT2D eigenvalue weighted by atomic mass is 19.4. The van der Waals surface area contributed by atoms with Gasteiger partial charge >= 0.3 is 6.18 Å². The van der Waals surface area contributed by atoms with E-state index < -0.39 is 11.7 Å². The Labute approximate surface area is 132 Å². The van der Waals surface area contributed by atoms with Gasteiger partial charge in [0.25, 0.3) is 0 Å². The molecule has 1 unspecified atom stereocenters. The van der Waals surface area contributed by atoms with Crippen LogP contribution in [0.15, 0.2) is 42.6 Å². The lowest BCUT2D eigenvalue weighted by atomic mass is 10.2. The van der Waals surface area contributed by atoms with E-state index in [2.05, 4.69) is 4.98 Å². The molecule has 1 aliphatic rings. The third kappa shape index (κ3) is 3.57. The minimum Gasteiger partial charge on any atom is -0.488 e. The highest BCUT2D eigenvalue weighted by Crippen LogP contribution is 2.30. The number of ether oxygens (including phenoxy) is 1. The van der Waals surface area contributed by atoms with Gasteiger partial charge in [0.15, 0.2) is 0 Å². The topological polar surface area (TPSA) is 25.4 Å². The van der Waals surface area contributed by atoms with E-state index in [1.54, 1.807) is 0 Å². The summed E-state index contributed by atoms with van der Waals surface area (Å²) in [4.78, 5) is 5.88. The van der Waals surface area contributed by atoms with Gasteiger partial charge in [-0.05, 0) is 30.7 Å². The molecule has 1 aromatic heterocycles. The summed E-state index contributed by atoms with van der Waals surface area (Å²) in [5.74, 6) is 1.40. The molecular formula is C17H17F3N2O. The zero-order valence-corrected chi connectivity index (χ0v) is 12.7. The van der Waals surface area contributed by atoms with Crippen LogP contribution in [0.2, 0.25) is 0 Å². The summed E-state index contributed by atoms with van der Waals surface area (Å²) >= 11 is 0. The lowest BCUT2D eigenvalue weighted by Crippen LogP contribution is -2.25. The van der Waals surface area contributed by atoms with Crippen LogP contribution in [-0.2, 0) is 6.18 Å². The second kappa shape index (κ2) is 6.10. The smallest absolute Gasteiger partial charge is 0.417 e. The van der Waals surface area contributed by atoms with Gasteiger partial charge in [-0.25, -0.2) is 4.98 Å². The molecule has 2 heterocycles. The number of halogens is 3. The lowest BCUT2D eigenvalue weighted by molar-refractivity contribution is -0.137. The van der Waals surface area contributed by atoms with E-state index in [1.807, 2.05) is 36.1 Å². The number of hydrogen-bond acceptors (Lipinski definition) is 3. The second-order valence-electron chi connectivity index (χ2n) is 5.64. The van der Waals surface area contributed by atoms with Gasteiger partial charge in [-0.3, -0.25) is 0 Å². The van der Waals surface area contributed by atoms with Crippen molar-refractivity contribution < 1.29 is 17.9 Å². The molecule has 1 fully saturated rings. The van der Waals surface area contributed by atoms with Gasteiger partial charge in [0.1, 0.15) is 17.7 Å². The number of anilines is 1. The van der Waals surface area contributed by atoms with E-state index in [-0.39, 0.29) is 6.10 Å². The van der Waals surface area contributed by atoms with Crippen LogP contribution in [0.5, 0.6) is 5.75 Å². The van der Waals surface area contributed by atoms with Crippen LogP contribution in [0.3, 0.4) is 0 Å². The molecule has 0 radical (unpaired) electrons. The van der Waals surface area contributed by atoms with Crippen LogP contribution in [0.1, 0.15) is 17.5 Å². The SMILES string of the molecule is Cc1ccccc1OC1CCN(c2ccc(C(F)(F)F)cn2)C1. The Morgan fingerprint density at radius 1 is 1.17 bits per heavy atom. The molecule has 0 aliphatic carbocycles. The fraction of sp³-hybridized carbons (Fsp3) is 0.353. The van der Waals surface area contributed by atoms with Crippen molar-refractivity contribution in [1.29, 1.82) is 0 Å². The van der Waals surface area contributed by atoms with Gasteiger partial charge in [-0.1, -0.05) is 18.2 Å². The number of nitrogens with zero attached hydrogens (tertiary/aromatic N) is 2. The van der Waals surface area contributed by atoms with Crippen molar-refractivity contribution in [2.75, 3.05) is 18.0 Å². The summed E-state index contributed by atoms with van der Waals surface area (Å²) in [7, 11) is 0. The zero-order chi connectivity index (χ0) is 16.4. The number of hydrogen-bond donors (Lipinski definition) is 0. The molecule has 6 heteroatoms. The molecule has 1 atom stereocenters. The van der Waals surface area contributed by atoms with Crippen LogP contribution < -0.4 is 9.64 Å². The second-order valence-corrected chi connectivity index (χ2v) is 5.64. The monoisotopic (exact) mass is 322 g/mol. The molecule has 2 aromatic rings. The van der Waals surface area contributed by atoms with E-state index >= 15 is 0 Å². The predicted molar refractivity (Wildman–Crippen MR) is 81.7 cm³/mol. The van der Waals surface area contributed by atoms with E-state index in [9.17, 15) is 13.2 Å². The molecule has 23 heavy (non-hydrogen) atoms. The number of pyridine rings is 1. The standard InChI is InChI=1S/C17H17F3N2O/c1-12-4-2-3-5-15(12)23-14-8-9-22(11-14)16-7-6-13(10-21-16)17(18,19)20/h2-7,10,14H,8-9,11H2,1H3.